The molecule has 8 heteroatoms. The Morgan fingerprint density at radius 3 is 2.67 bits per heavy atom. The number of rotatable bonds is 4. The van der Waals surface area contributed by atoms with Crippen LogP contribution in [0.25, 0.3) is 0 Å². The Balaban J connectivity index is 2.85. The molecule has 0 aliphatic heterocycles. The molecule has 96 valence electrons. The summed E-state index contributed by atoms with van der Waals surface area (Å²) in [5.41, 5.74) is -0.788. The van der Waals surface area contributed by atoms with Gasteiger partial charge in [0.2, 0.25) is 0 Å². The maximum atomic E-state index is 13.0. The number of ether oxygens (including phenoxy) is 1. The van der Waals surface area contributed by atoms with Crippen LogP contribution in [0.15, 0.2) is 18.2 Å². The van der Waals surface area contributed by atoms with Gasteiger partial charge in [-0.15, -0.1) is 0 Å². The van der Waals surface area contributed by atoms with Crippen molar-refractivity contribution in [2.75, 3.05) is 13.7 Å². The lowest BCUT2D eigenvalue weighted by atomic mass is 10.2. The molecule has 1 aromatic carbocycles. The summed E-state index contributed by atoms with van der Waals surface area (Å²) in [7, 11) is 1.14. The smallest absolute Gasteiger partial charge is 0.325 e. The van der Waals surface area contributed by atoms with Crippen LogP contribution in [-0.2, 0) is 9.53 Å². The molecule has 0 aliphatic carbocycles. The van der Waals surface area contributed by atoms with E-state index in [1.807, 2.05) is 0 Å². The van der Waals surface area contributed by atoms with Gasteiger partial charge in [-0.3, -0.25) is 19.7 Å². The molecule has 1 rings (SSSR count). The van der Waals surface area contributed by atoms with E-state index in [1.54, 1.807) is 0 Å². The number of hydrogen-bond donors (Lipinski definition) is 1. The van der Waals surface area contributed by atoms with Crippen molar-refractivity contribution >= 4 is 17.6 Å². The van der Waals surface area contributed by atoms with Crippen molar-refractivity contribution in [3.63, 3.8) is 0 Å². The minimum absolute atomic E-state index is 0.245. The number of non-ortho nitro benzene ring substituents is 1. The van der Waals surface area contributed by atoms with Gasteiger partial charge in [0.25, 0.3) is 11.6 Å². The molecule has 0 unspecified atom stereocenters. The number of esters is 1. The lowest BCUT2D eigenvalue weighted by molar-refractivity contribution is -0.385. The predicted octanol–water partition coefficient (Wildman–Crippen LogP) is 0.637. The van der Waals surface area contributed by atoms with Crippen molar-refractivity contribution in [2.45, 2.75) is 0 Å². The zero-order chi connectivity index (χ0) is 13.7. The fraction of sp³-hybridized carbons (Fsp3) is 0.200. The maximum Gasteiger partial charge on any atom is 0.325 e. The second-order valence-electron chi connectivity index (χ2n) is 3.21. The van der Waals surface area contributed by atoms with E-state index in [2.05, 4.69) is 10.1 Å². The van der Waals surface area contributed by atoms with Gasteiger partial charge in [0.15, 0.2) is 0 Å². The fourth-order valence-electron chi connectivity index (χ4n) is 1.14. The average Bonchev–Trinajstić information content (AvgIpc) is 2.34. The Hall–Kier alpha value is -2.51. The first kappa shape index (κ1) is 13.6. The lowest BCUT2D eigenvalue weighted by Crippen LogP contribution is -2.30. The van der Waals surface area contributed by atoms with Crippen LogP contribution in [0.4, 0.5) is 10.1 Å². The third kappa shape index (κ3) is 3.51. The van der Waals surface area contributed by atoms with Crippen LogP contribution in [0.5, 0.6) is 0 Å². The number of carbonyl (C=O) groups is 2. The van der Waals surface area contributed by atoms with E-state index in [1.165, 1.54) is 0 Å². The molecule has 1 aromatic rings. The largest absolute Gasteiger partial charge is 0.468 e. The van der Waals surface area contributed by atoms with Crippen molar-refractivity contribution in [2.24, 2.45) is 0 Å². The molecule has 0 radical (unpaired) electrons. The summed E-state index contributed by atoms with van der Waals surface area (Å²) in [6.07, 6.45) is 0. The van der Waals surface area contributed by atoms with Gasteiger partial charge in [-0.05, 0) is 6.07 Å². The van der Waals surface area contributed by atoms with Gasteiger partial charge in [0.05, 0.1) is 18.1 Å². The van der Waals surface area contributed by atoms with E-state index in [4.69, 9.17) is 0 Å². The van der Waals surface area contributed by atoms with Gasteiger partial charge in [-0.2, -0.15) is 0 Å². The van der Waals surface area contributed by atoms with Crippen LogP contribution in [0.2, 0.25) is 0 Å². The van der Waals surface area contributed by atoms with Crippen LogP contribution in [-0.4, -0.2) is 30.5 Å². The second-order valence-corrected chi connectivity index (χ2v) is 3.21. The van der Waals surface area contributed by atoms with Crippen molar-refractivity contribution < 1.29 is 23.6 Å². The van der Waals surface area contributed by atoms with Crippen LogP contribution in [0.1, 0.15) is 10.4 Å². The van der Waals surface area contributed by atoms with Crippen molar-refractivity contribution in [1.29, 1.82) is 0 Å². The normalized spacial score (nSPS) is 9.67. The van der Waals surface area contributed by atoms with Gasteiger partial charge in [0, 0.05) is 11.6 Å². The van der Waals surface area contributed by atoms with Crippen molar-refractivity contribution in [3.8, 4) is 0 Å². The van der Waals surface area contributed by atoms with Crippen LogP contribution in [0, 0.1) is 15.9 Å². The van der Waals surface area contributed by atoms with Gasteiger partial charge in [0.1, 0.15) is 12.4 Å². The fourth-order valence-corrected chi connectivity index (χ4v) is 1.14. The molecular weight excluding hydrogens is 247 g/mol. The summed E-state index contributed by atoms with van der Waals surface area (Å²) < 4.78 is 17.3. The Kier molecular flexibility index (Phi) is 4.30. The summed E-state index contributed by atoms with van der Waals surface area (Å²) in [5.74, 6) is -2.40. The quantitative estimate of drug-likeness (QED) is 0.484. The number of nitrogens with zero attached hydrogens (tertiary/aromatic N) is 1. The van der Waals surface area contributed by atoms with Crippen LogP contribution in [0.3, 0.4) is 0 Å². The number of nitro groups is 1. The van der Waals surface area contributed by atoms with Crippen LogP contribution >= 0.6 is 0 Å². The molecule has 18 heavy (non-hydrogen) atoms. The number of hydrogen-bond acceptors (Lipinski definition) is 5. The van der Waals surface area contributed by atoms with Crippen molar-refractivity contribution in [3.05, 3.63) is 39.7 Å². The molecule has 1 N–H and O–H groups in total. The molecular formula is C10H9FN2O5. The van der Waals surface area contributed by atoms with Crippen molar-refractivity contribution in [1.82, 2.24) is 5.32 Å². The molecule has 0 atom stereocenters. The molecule has 0 fully saturated rings. The average molecular weight is 256 g/mol. The van der Waals surface area contributed by atoms with E-state index in [0.717, 1.165) is 19.2 Å². The Labute approximate surface area is 101 Å². The number of nitrogens with one attached hydrogen (secondary N) is 1. The second kappa shape index (κ2) is 5.71. The summed E-state index contributed by atoms with van der Waals surface area (Å²) in [6.45, 7) is -0.403. The highest BCUT2D eigenvalue weighted by molar-refractivity contribution is 5.96. The monoisotopic (exact) mass is 256 g/mol. The van der Waals surface area contributed by atoms with E-state index in [9.17, 15) is 24.1 Å². The number of benzene rings is 1. The first-order valence-electron chi connectivity index (χ1n) is 4.74. The zero-order valence-corrected chi connectivity index (χ0v) is 9.31. The van der Waals surface area contributed by atoms with E-state index >= 15 is 0 Å². The van der Waals surface area contributed by atoms with Gasteiger partial charge in [-0.1, -0.05) is 0 Å². The molecule has 0 saturated heterocycles. The van der Waals surface area contributed by atoms with E-state index < -0.39 is 34.8 Å². The minimum atomic E-state index is -0.910. The van der Waals surface area contributed by atoms with Crippen LogP contribution < -0.4 is 5.32 Å². The molecule has 0 aromatic heterocycles. The Bertz CT molecular complexity index is 503. The third-order valence-electron chi connectivity index (χ3n) is 1.98. The van der Waals surface area contributed by atoms with E-state index in [0.29, 0.717) is 6.07 Å². The highest BCUT2D eigenvalue weighted by Crippen LogP contribution is 2.16. The Morgan fingerprint density at radius 2 is 2.11 bits per heavy atom. The number of halogens is 1. The predicted molar refractivity (Wildman–Crippen MR) is 57.4 cm³/mol. The number of methoxy groups -OCH3 is 1. The summed E-state index contributed by atoms with van der Waals surface area (Å²) in [6, 6.07) is 2.44. The summed E-state index contributed by atoms with van der Waals surface area (Å²) in [4.78, 5) is 31.9. The molecule has 0 saturated carbocycles. The number of nitro benzene ring substituents is 1. The first-order valence-corrected chi connectivity index (χ1v) is 4.74. The first-order chi connectivity index (χ1) is 8.43. The lowest BCUT2D eigenvalue weighted by Gasteiger charge is -2.04. The minimum Gasteiger partial charge on any atom is -0.468 e. The molecule has 0 bridgehead atoms. The highest BCUT2D eigenvalue weighted by Gasteiger charge is 2.15. The number of amides is 1. The molecule has 0 aliphatic rings. The van der Waals surface area contributed by atoms with Gasteiger partial charge < -0.3 is 10.1 Å². The molecule has 1 amide bonds. The SMILES string of the molecule is COC(=O)CNC(=O)c1cc(F)cc([N+](=O)[O-])c1. The van der Waals surface area contributed by atoms with Gasteiger partial charge in [-0.25, -0.2) is 4.39 Å². The topological polar surface area (TPSA) is 98.5 Å². The molecule has 0 heterocycles. The highest BCUT2D eigenvalue weighted by atomic mass is 19.1. The molecule has 0 spiro atoms. The standard InChI is InChI=1S/C10H9FN2O5/c1-18-9(14)5-12-10(15)6-2-7(11)4-8(3-6)13(16)17/h2-4H,5H2,1H3,(H,12,15). The molecule has 7 nitrogen and oxygen atoms in total. The van der Waals surface area contributed by atoms with Gasteiger partial charge >= 0.3 is 5.97 Å². The zero-order valence-electron chi connectivity index (χ0n) is 9.31. The maximum absolute atomic E-state index is 13.0. The Morgan fingerprint density at radius 1 is 1.44 bits per heavy atom. The number of carbonyl (C=O) groups excluding carboxylic acids is 2. The summed E-state index contributed by atoms with van der Waals surface area (Å²) in [5, 5.41) is 12.6. The van der Waals surface area contributed by atoms with E-state index in [-0.39, 0.29) is 5.56 Å². The summed E-state index contributed by atoms with van der Waals surface area (Å²) >= 11 is 0. The third-order valence-corrected chi connectivity index (χ3v) is 1.98.